The van der Waals surface area contributed by atoms with E-state index in [0.717, 1.165) is 46.9 Å². The molecule has 1 aromatic heterocycles. The Morgan fingerprint density at radius 3 is 2.71 bits per heavy atom. The van der Waals surface area contributed by atoms with Crippen LogP contribution >= 0.6 is 11.6 Å². The summed E-state index contributed by atoms with van der Waals surface area (Å²) in [4.78, 5) is 25.3. The first-order valence-electron chi connectivity index (χ1n) is 11.6. The van der Waals surface area contributed by atoms with Crippen molar-refractivity contribution >= 4 is 40.0 Å². The van der Waals surface area contributed by atoms with Gasteiger partial charge >= 0.3 is 6.03 Å². The minimum Gasteiger partial charge on any atom is -0.369 e. The number of carbonyl (C=O) groups is 1. The zero-order valence-electron chi connectivity index (χ0n) is 19.4. The van der Waals surface area contributed by atoms with Gasteiger partial charge in [-0.05, 0) is 60.9 Å². The first-order chi connectivity index (χ1) is 16.5. The zero-order chi connectivity index (χ0) is 23.7. The molecule has 2 heterocycles. The number of hydrogen-bond acceptors (Lipinski definition) is 3. The maximum Gasteiger partial charge on any atom is 0.321 e. The van der Waals surface area contributed by atoms with Gasteiger partial charge in [-0.25, -0.2) is 9.78 Å². The molecule has 1 fully saturated rings. The lowest BCUT2D eigenvalue weighted by Gasteiger charge is -2.25. The fourth-order valence-corrected chi connectivity index (χ4v) is 4.73. The Hall–Kier alpha value is -3.51. The van der Waals surface area contributed by atoms with Crippen molar-refractivity contribution in [3.63, 3.8) is 0 Å². The minimum absolute atomic E-state index is 0.0609. The number of imidazole rings is 1. The SMILES string of the molecule is Cc1ccc2nc(-c3cc(N4CCN(C(=O)Nc5ccccc5)CC(C)C4)ccc3Cl)[nH]c2c1. The van der Waals surface area contributed by atoms with Crippen molar-refractivity contribution in [3.8, 4) is 11.4 Å². The van der Waals surface area contributed by atoms with Crippen molar-refractivity contribution in [3.05, 3.63) is 77.3 Å². The zero-order valence-corrected chi connectivity index (χ0v) is 20.1. The molecule has 1 aliphatic heterocycles. The first-order valence-corrected chi connectivity index (χ1v) is 12.0. The Morgan fingerprint density at radius 2 is 1.88 bits per heavy atom. The summed E-state index contributed by atoms with van der Waals surface area (Å²) in [7, 11) is 0. The van der Waals surface area contributed by atoms with E-state index < -0.39 is 0 Å². The Bertz CT molecular complexity index is 1320. The quantitative estimate of drug-likeness (QED) is 0.373. The molecule has 0 radical (unpaired) electrons. The number of hydrogen-bond donors (Lipinski definition) is 2. The lowest BCUT2D eigenvalue weighted by atomic mass is 10.1. The standard InChI is InChI=1S/C27H28ClN5O/c1-18-8-11-24-25(14-18)31-26(30-24)22-15-21(9-10-23(22)28)32-12-13-33(17-19(2)16-32)27(34)29-20-6-4-3-5-7-20/h3-11,14-15,19H,12-13,16-17H2,1-2H3,(H,29,34)(H,30,31). The number of para-hydroxylation sites is 1. The van der Waals surface area contributed by atoms with Crippen LogP contribution < -0.4 is 10.2 Å². The van der Waals surface area contributed by atoms with Gasteiger partial charge < -0.3 is 20.1 Å². The van der Waals surface area contributed by atoms with E-state index in [-0.39, 0.29) is 6.03 Å². The molecule has 7 heteroatoms. The van der Waals surface area contributed by atoms with Crippen LogP contribution in [0.4, 0.5) is 16.2 Å². The maximum absolute atomic E-state index is 12.9. The summed E-state index contributed by atoms with van der Waals surface area (Å²) in [5, 5.41) is 3.67. The number of aromatic amines is 1. The number of anilines is 2. The van der Waals surface area contributed by atoms with Crippen molar-refractivity contribution in [2.24, 2.45) is 5.92 Å². The van der Waals surface area contributed by atoms with Crippen molar-refractivity contribution in [1.29, 1.82) is 0 Å². The number of aryl methyl sites for hydroxylation is 1. The highest BCUT2D eigenvalue weighted by atomic mass is 35.5. The minimum atomic E-state index is -0.0609. The molecule has 1 saturated heterocycles. The summed E-state index contributed by atoms with van der Waals surface area (Å²) in [5.41, 5.74) is 5.87. The molecule has 1 aliphatic rings. The summed E-state index contributed by atoms with van der Waals surface area (Å²) in [6, 6.07) is 21.8. The number of nitrogens with one attached hydrogen (secondary N) is 2. The summed E-state index contributed by atoms with van der Waals surface area (Å²) in [6.07, 6.45) is 0. The van der Waals surface area contributed by atoms with Gasteiger partial charge in [0.2, 0.25) is 0 Å². The Morgan fingerprint density at radius 1 is 1.06 bits per heavy atom. The average molecular weight is 474 g/mol. The van der Waals surface area contributed by atoms with Crippen LogP contribution in [-0.2, 0) is 0 Å². The molecule has 2 amide bonds. The second-order valence-corrected chi connectivity index (χ2v) is 9.47. The second kappa shape index (κ2) is 9.39. The molecule has 0 aliphatic carbocycles. The van der Waals surface area contributed by atoms with E-state index in [1.54, 1.807) is 0 Å². The number of halogens is 1. The molecule has 1 atom stereocenters. The van der Waals surface area contributed by atoms with Crippen LogP contribution in [0.25, 0.3) is 22.4 Å². The first kappa shape index (κ1) is 22.3. The van der Waals surface area contributed by atoms with Gasteiger partial charge in [0.15, 0.2) is 0 Å². The maximum atomic E-state index is 12.9. The van der Waals surface area contributed by atoms with Crippen molar-refractivity contribution in [2.45, 2.75) is 13.8 Å². The van der Waals surface area contributed by atoms with E-state index in [1.165, 1.54) is 5.56 Å². The topological polar surface area (TPSA) is 64.3 Å². The fourth-order valence-electron chi connectivity index (χ4n) is 4.52. The number of amides is 2. The van der Waals surface area contributed by atoms with Crippen molar-refractivity contribution in [2.75, 3.05) is 36.4 Å². The Balaban J connectivity index is 1.36. The van der Waals surface area contributed by atoms with Crippen LogP contribution in [0.5, 0.6) is 0 Å². The molecule has 0 bridgehead atoms. The highest BCUT2D eigenvalue weighted by Crippen LogP contribution is 2.32. The number of fused-ring (bicyclic) bond motifs is 1. The molecule has 34 heavy (non-hydrogen) atoms. The summed E-state index contributed by atoms with van der Waals surface area (Å²) >= 11 is 6.59. The third-order valence-electron chi connectivity index (χ3n) is 6.22. The number of rotatable bonds is 3. The number of carbonyl (C=O) groups excluding carboxylic acids is 1. The molecular weight excluding hydrogens is 446 g/mol. The third-order valence-corrected chi connectivity index (χ3v) is 6.55. The van der Waals surface area contributed by atoms with Gasteiger partial charge in [-0.1, -0.05) is 42.8 Å². The number of H-pyrrole nitrogens is 1. The van der Waals surface area contributed by atoms with Crippen LogP contribution in [0.3, 0.4) is 0 Å². The van der Waals surface area contributed by atoms with E-state index in [0.29, 0.717) is 24.0 Å². The third kappa shape index (κ3) is 4.73. The van der Waals surface area contributed by atoms with E-state index in [9.17, 15) is 4.79 Å². The monoisotopic (exact) mass is 473 g/mol. The molecule has 1 unspecified atom stereocenters. The lowest BCUT2D eigenvalue weighted by molar-refractivity contribution is 0.210. The smallest absolute Gasteiger partial charge is 0.321 e. The van der Waals surface area contributed by atoms with E-state index >= 15 is 0 Å². The van der Waals surface area contributed by atoms with Gasteiger partial charge in [-0.2, -0.15) is 0 Å². The van der Waals surface area contributed by atoms with Gasteiger partial charge in [0.05, 0.1) is 16.1 Å². The van der Waals surface area contributed by atoms with Gasteiger partial charge in [-0.3, -0.25) is 0 Å². The molecule has 3 aromatic carbocycles. The highest BCUT2D eigenvalue weighted by Gasteiger charge is 2.24. The summed E-state index contributed by atoms with van der Waals surface area (Å²) in [6.45, 7) is 7.20. The van der Waals surface area contributed by atoms with Gasteiger partial charge in [0.1, 0.15) is 5.82 Å². The normalized spacial score (nSPS) is 16.5. The largest absolute Gasteiger partial charge is 0.369 e. The van der Waals surface area contributed by atoms with Crippen LogP contribution in [0, 0.1) is 12.8 Å². The van der Waals surface area contributed by atoms with E-state index in [1.807, 2.05) is 53.4 Å². The Labute approximate surface area is 204 Å². The highest BCUT2D eigenvalue weighted by molar-refractivity contribution is 6.33. The average Bonchev–Trinajstić information content (AvgIpc) is 3.14. The molecule has 0 spiro atoms. The number of nitrogens with zero attached hydrogens (tertiary/aromatic N) is 3. The molecule has 2 N–H and O–H groups in total. The molecule has 0 saturated carbocycles. The van der Waals surface area contributed by atoms with Crippen LogP contribution in [0.15, 0.2) is 66.7 Å². The van der Waals surface area contributed by atoms with Crippen LogP contribution in [-0.4, -0.2) is 47.1 Å². The summed E-state index contributed by atoms with van der Waals surface area (Å²) in [5.74, 6) is 1.08. The van der Waals surface area contributed by atoms with E-state index in [2.05, 4.69) is 47.2 Å². The van der Waals surface area contributed by atoms with Crippen molar-refractivity contribution in [1.82, 2.24) is 14.9 Å². The van der Waals surface area contributed by atoms with Crippen molar-refractivity contribution < 1.29 is 4.79 Å². The van der Waals surface area contributed by atoms with Gasteiger partial charge in [-0.15, -0.1) is 0 Å². The summed E-state index contributed by atoms with van der Waals surface area (Å²) < 4.78 is 0. The predicted octanol–water partition coefficient (Wildman–Crippen LogP) is 6.18. The fraction of sp³-hybridized carbons (Fsp3) is 0.259. The predicted molar refractivity (Wildman–Crippen MR) is 140 cm³/mol. The number of benzene rings is 3. The lowest BCUT2D eigenvalue weighted by Crippen LogP contribution is -2.38. The van der Waals surface area contributed by atoms with E-state index in [4.69, 9.17) is 16.6 Å². The Kier molecular flexibility index (Phi) is 6.16. The molecule has 4 aromatic rings. The second-order valence-electron chi connectivity index (χ2n) is 9.06. The van der Waals surface area contributed by atoms with Crippen LogP contribution in [0.2, 0.25) is 5.02 Å². The molecular formula is C27H28ClN5O. The number of aromatic nitrogens is 2. The van der Waals surface area contributed by atoms with Gasteiger partial charge in [0.25, 0.3) is 0 Å². The molecule has 6 nitrogen and oxygen atoms in total. The van der Waals surface area contributed by atoms with Gasteiger partial charge in [0, 0.05) is 43.1 Å². The number of urea groups is 1. The molecule has 5 rings (SSSR count). The van der Waals surface area contributed by atoms with Crippen LogP contribution in [0.1, 0.15) is 12.5 Å². The molecule has 174 valence electrons.